The van der Waals surface area contributed by atoms with Gasteiger partial charge < -0.3 is 9.47 Å². The van der Waals surface area contributed by atoms with E-state index in [9.17, 15) is 0 Å². The summed E-state index contributed by atoms with van der Waals surface area (Å²) in [6.45, 7) is 37.2. The molecule has 0 aliphatic heterocycles. The fourth-order valence-electron chi connectivity index (χ4n) is 6.47. The number of allylic oxidation sites excluding steroid dienone is 4. The first-order valence-corrected chi connectivity index (χ1v) is 14.1. The summed E-state index contributed by atoms with van der Waals surface area (Å²) in [5.41, 5.74) is 5.29. The fourth-order valence-corrected chi connectivity index (χ4v) is 6.47. The number of ether oxygens (including phenoxy) is 2. The molecule has 202 valence electrons. The smallest absolute Gasteiger partial charge is 0.0676 e. The van der Waals surface area contributed by atoms with Gasteiger partial charge in [-0.15, -0.1) is 13.2 Å². The minimum absolute atomic E-state index is 0.157. The fraction of sp³-hybridized carbons (Fsp3) is 0.647. The van der Waals surface area contributed by atoms with E-state index in [1.165, 1.54) is 22.3 Å². The Morgan fingerprint density at radius 1 is 0.722 bits per heavy atom. The van der Waals surface area contributed by atoms with Crippen LogP contribution < -0.4 is 0 Å². The van der Waals surface area contributed by atoms with Crippen LogP contribution in [0.2, 0.25) is 0 Å². The predicted molar refractivity (Wildman–Crippen MR) is 157 cm³/mol. The van der Waals surface area contributed by atoms with Gasteiger partial charge >= 0.3 is 0 Å². The Morgan fingerprint density at radius 2 is 1.08 bits per heavy atom. The Bertz CT molecular complexity index is 751. The van der Waals surface area contributed by atoms with Gasteiger partial charge in [-0.05, 0) is 111 Å². The summed E-state index contributed by atoms with van der Waals surface area (Å²) in [6, 6.07) is 0. The average molecular weight is 495 g/mol. The average Bonchev–Trinajstić information content (AvgIpc) is 2.85. The van der Waals surface area contributed by atoms with Crippen LogP contribution in [0.15, 0.2) is 73.9 Å². The molecule has 0 amide bonds. The first-order chi connectivity index (χ1) is 17.0. The molecule has 2 fully saturated rings. The van der Waals surface area contributed by atoms with Crippen molar-refractivity contribution in [2.75, 3.05) is 26.4 Å². The minimum atomic E-state index is 0.157. The van der Waals surface area contributed by atoms with Gasteiger partial charge in [-0.3, -0.25) is 0 Å². The van der Waals surface area contributed by atoms with Gasteiger partial charge in [-0.2, -0.15) is 0 Å². The third-order valence-corrected chi connectivity index (χ3v) is 9.37. The monoisotopic (exact) mass is 494 g/mol. The third-order valence-electron chi connectivity index (χ3n) is 9.37. The zero-order valence-corrected chi connectivity index (χ0v) is 24.0. The SMILES string of the molecule is C=C[C@]1(C)CC[C@@H](C(=C)COCCCCOCC(=C)[C@@H]2CC[C@@](C)(C=C)[C@H](C(=C)C)C2)C[C@H]1C(=C)C. The van der Waals surface area contributed by atoms with Crippen LogP contribution in [-0.4, -0.2) is 26.4 Å². The van der Waals surface area contributed by atoms with Crippen LogP contribution in [0.3, 0.4) is 0 Å². The van der Waals surface area contributed by atoms with Crippen LogP contribution in [0.4, 0.5) is 0 Å². The first kappa shape index (κ1) is 30.6. The van der Waals surface area contributed by atoms with Gasteiger partial charge in [0.05, 0.1) is 13.2 Å². The molecule has 0 bridgehead atoms. The van der Waals surface area contributed by atoms with Gasteiger partial charge in [-0.1, -0.05) is 63.5 Å². The van der Waals surface area contributed by atoms with Crippen molar-refractivity contribution < 1.29 is 9.47 Å². The lowest BCUT2D eigenvalue weighted by atomic mass is 9.61. The Balaban J connectivity index is 1.60. The van der Waals surface area contributed by atoms with Crippen LogP contribution >= 0.6 is 0 Å². The molecule has 6 atom stereocenters. The van der Waals surface area contributed by atoms with E-state index in [-0.39, 0.29) is 10.8 Å². The van der Waals surface area contributed by atoms with E-state index in [4.69, 9.17) is 9.47 Å². The molecule has 2 rings (SSSR count). The van der Waals surface area contributed by atoms with Crippen molar-refractivity contribution >= 4 is 0 Å². The van der Waals surface area contributed by atoms with Crippen molar-refractivity contribution in [1.82, 2.24) is 0 Å². The standard InChI is InChI=1S/C34H54O2/c1-11-33(9)17-15-29(21-31(33)25(3)4)27(7)23-35-19-13-14-20-36-24-28(8)30-16-18-34(10,12-2)32(22-30)26(5)6/h11-12,29-32H,1-3,5,7-8,13-24H2,4,6,9-10H3/t29-,30-,31+,32+,33-,34-/m1/s1. The molecule has 2 heteroatoms. The van der Waals surface area contributed by atoms with Crippen LogP contribution in [0.5, 0.6) is 0 Å². The van der Waals surface area contributed by atoms with E-state index in [1.54, 1.807) is 0 Å². The second-order valence-corrected chi connectivity index (χ2v) is 12.3. The zero-order chi connectivity index (χ0) is 26.9. The lowest BCUT2D eigenvalue weighted by Crippen LogP contribution is -2.34. The van der Waals surface area contributed by atoms with E-state index in [0.717, 1.165) is 64.6 Å². The second kappa shape index (κ2) is 13.8. The molecular formula is C34H54O2. The van der Waals surface area contributed by atoms with E-state index in [0.29, 0.717) is 36.9 Å². The van der Waals surface area contributed by atoms with Gasteiger partial charge in [0.15, 0.2) is 0 Å². The van der Waals surface area contributed by atoms with Crippen molar-refractivity contribution in [3.8, 4) is 0 Å². The topological polar surface area (TPSA) is 18.5 Å². The molecule has 2 aliphatic carbocycles. The largest absolute Gasteiger partial charge is 0.377 e. The maximum atomic E-state index is 5.98. The lowest BCUT2D eigenvalue weighted by Gasteiger charge is -2.44. The molecule has 2 aliphatic rings. The van der Waals surface area contributed by atoms with E-state index >= 15 is 0 Å². The number of hydrogen-bond donors (Lipinski definition) is 0. The molecule has 0 N–H and O–H groups in total. The minimum Gasteiger partial charge on any atom is -0.377 e. The van der Waals surface area contributed by atoms with Crippen molar-refractivity contribution in [1.29, 1.82) is 0 Å². The van der Waals surface area contributed by atoms with Gasteiger partial charge in [0.2, 0.25) is 0 Å². The lowest BCUT2D eigenvalue weighted by molar-refractivity contribution is 0.105. The predicted octanol–water partition coefficient (Wildman–Crippen LogP) is 9.28. The van der Waals surface area contributed by atoms with E-state index in [1.807, 2.05) is 0 Å². The normalized spacial score (nSPS) is 32.4. The summed E-state index contributed by atoms with van der Waals surface area (Å²) < 4.78 is 12.0. The van der Waals surface area contributed by atoms with E-state index in [2.05, 4.69) is 79.3 Å². The van der Waals surface area contributed by atoms with Gasteiger partial charge in [0.25, 0.3) is 0 Å². The molecule has 0 heterocycles. The Labute approximate surface area is 223 Å². The number of rotatable bonds is 15. The zero-order valence-electron chi connectivity index (χ0n) is 24.0. The Morgan fingerprint density at radius 3 is 1.39 bits per heavy atom. The van der Waals surface area contributed by atoms with Crippen molar-refractivity contribution in [2.24, 2.45) is 34.5 Å². The summed E-state index contributed by atoms with van der Waals surface area (Å²) >= 11 is 0. The first-order valence-electron chi connectivity index (χ1n) is 14.1. The van der Waals surface area contributed by atoms with Crippen LogP contribution in [0.25, 0.3) is 0 Å². The molecule has 0 saturated heterocycles. The molecule has 0 spiro atoms. The molecular weight excluding hydrogens is 440 g/mol. The van der Waals surface area contributed by atoms with Crippen molar-refractivity contribution in [3.05, 3.63) is 73.9 Å². The molecule has 2 saturated carbocycles. The highest BCUT2D eigenvalue weighted by atomic mass is 16.5. The quantitative estimate of drug-likeness (QED) is 0.167. The molecule has 0 aromatic heterocycles. The van der Waals surface area contributed by atoms with Crippen LogP contribution in [0.1, 0.15) is 79.1 Å². The Kier molecular flexibility index (Phi) is 11.7. The van der Waals surface area contributed by atoms with Crippen molar-refractivity contribution in [3.63, 3.8) is 0 Å². The summed E-state index contributed by atoms with van der Waals surface area (Å²) in [6.07, 6.45) is 13.1. The highest BCUT2D eigenvalue weighted by Gasteiger charge is 2.39. The van der Waals surface area contributed by atoms with Gasteiger partial charge in [-0.25, -0.2) is 0 Å². The number of unbranched alkanes of at least 4 members (excludes halogenated alkanes) is 1. The summed E-state index contributed by atoms with van der Waals surface area (Å²) in [4.78, 5) is 0. The van der Waals surface area contributed by atoms with Gasteiger partial charge in [0, 0.05) is 13.2 Å². The second-order valence-electron chi connectivity index (χ2n) is 12.3. The Hall–Kier alpha value is -1.64. The molecule has 0 aromatic rings. The molecule has 36 heavy (non-hydrogen) atoms. The van der Waals surface area contributed by atoms with Gasteiger partial charge in [0.1, 0.15) is 0 Å². The molecule has 0 unspecified atom stereocenters. The molecule has 0 aromatic carbocycles. The van der Waals surface area contributed by atoms with Crippen LogP contribution in [-0.2, 0) is 9.47 Å². The van der Waals surface area contributed by atoms with Crippen LogP contribution in [0, 0.1) is 34.5 Å². The maximum Gasteiger partial charge on any atom is 0.0676 e. The number of hydrogen-bond acceptors (Lipinski definition) is 2. The summed E-state index contributed by atoms with van der Waals surface area (Å²) in [7, 11) is 0. The highest BCUT2D eigenvalue weighted by molar-refractivity contribution is 5.17. The van der Waals surface area contributed by atoms with Crippen molar-refractivity contribution in [2.45, 2.75) is 79.1 Å². The third kappa shape index (κ3) is 7.93. The molecule has 0 radical (unpaired) electrons. The van der Waals surface area contributed by atoms with E-state index < -0.39 is 0 Å². The molecule has 2 nitrogen and oxygen atoms in total. The summed E-state index contributed by atoms with van der Waals surface area (Å²) in [5.74, 6) is 1.98. The summed E-state index contributed by atoms with van der Waals surface area (Å²) in [5, 5.41) is 0. The maximum absolute atomic E-state index is 5.98. The highest BCUT2D eigenvalue weighted by Crippen LogP contribution is 2.49.